The zero-order valence-corrected chi connectivity index (χ0v) is 11.7. The second-order valence-electron chi connectivity index (χ2n) is 4.01. The predicted molar refractivity (Wildman–Crippen MR) is 74.5 cm³/mol. The van der Waals surface area contributed by atoms with Gasteiger partial charge in [0.15, 0.2) is 0 Å². The molecule has 1 amide bonds. The summed E-state index contributed by atoms with van der Waals surface area (Å²) < 4.78 is 2.27. The lowest BCUT2D eigenvalue weighted by atomic mass is 10.2. The molecule has 6 heteroatoms. The highest BCUT2D eigenvalue weighted by Crippen LogP contribution is 2.30. The van der Waals surface area contributed by atoms with Crippen LogP contribution in [0.15, 0.2) is 28.9 Å². The average Bonchev–Trinajstić information content (AvgIpc) is 2.69. The standard InChI is InChI=1S/C12H13BrN4O/c1-7-5-8(13)11(9(14)6-7)16-12(18)10-3-4-15-17(10)2/h3-6H,14H2,1-2H3,(H,16,18). The Kier molecular flexibility index (Phi) is 3.38. The van der Waals surface area contributed by atoms with Crippen molar-refractivity contribution in [2.45, 2.75) is 6.92 Å². The maximum absolute atomic E-state index is 12.0. The molecule has 2 aromatic rings. The first-order valence-electron chi connectivity index (χ1n) is 5.34. The molecule has 3 N–H and O–H groups in total. The molecule has 0 fully saturated rings. The number of benzene rings is 1. The molecule has 1 aromatic carbocycles. The summed E-state index contributed by atoms with van der Waals surface area (Å²) in [7, 11) is 1.71. The minimum Gasteiger partial charge on any atom is -0.397 e. The molecule has 94 valence electrons. The lowest BCUT2D eigenvalue weighted by molar-refractivity contribution is 0.101. The molecule has 1 heterocycles. The Morgan fingerprint density at radius 2 is 2.22 bits per heavy atom. The molecule has 0 unspecified atom stereocenters. The van der Waals surface area contributed by atoms with Gasteiger partial charge >= 0.3 is 0 Å². The van der Waals surface area contributed by atoms with Gasteiger partial charge in [-0.1, -0.05) is 0 Å². The molecule has 5 nitrogen and oxygen atoms in total. The maximum atomic E-state index is 12.0. The summed E-state index contributed by atoms with van der Waals surface area (Å²) in [5.41, 5.74) is 8.50. The number of nitrogen functional groups attached to an aromatic ring is 1. The van der Waals surface area contributed by atoms with Crippen LogP contribution in [0.3, 0.4) is 0 Å². The first-order chi connectivity index (χ1) is 8.49. The van der Waals surface area contributed by atoms with E-state index in [9.17, 15) is 4.79 Å². The minimum absolute atomic E-state index is 0.244. The van der Waals surface area contributed by atoms with E-state index < -0.39 is 0 Å². The van der Waals surface area contributed by atoms with Gasteiger partial charge in [-0.25, -0.2) is 0 Å². The largest absolute Gasteiger partial charge is 0.397 e. The SMILES string of the molecule is Cc1cc(N)c(NC(=O)c2ccnn2C)c(Br)c1. The zero-order chi connectivity index (χ0) is 13.3. The number of aryl methyl sites for hydroxylation is 2. The van der Waals surface area contributed by atoms with E-state index in [-0.39, 0.29) is 5.91 Å². The molecular weight excluding hydrogens is 296 g/mol. The number of carbonyl (C=O) groups is 1. The highest BCUT2D eigenvalue weighted by Gasteiger charge is 2.13. The van der Waals surface area contributed by atoms with Crippen LogP contribution in [0.1, 0.15) is 16.1 Å². The summed E-state index contributed by atoms with van der Waals surface area (Å²) in [6.45, 7) is 1.94. The summed E-state index contributed by atoms with van der Waals surface area (Å²) in [4.78, 5) is 12.0. The molecule has 0 spiro atoms. The second kappa shape index (κ2) is 4.81. The van der Waals surface area contributed by atoms with Crippen molar-refractivity contribution in [3.05, 3.63) is 40.1 Å². The Labute approximate surface area is 113 Å². The van der Waals surface area contributed by atoms with Gasteiger partial charge in [0.05, 0.1) is 11.4 Å². The number of carbonyl (C=O) groups excluding carboxylic acids is 1. The third-order valence-corrected chi connectivity index (χ3v) is 3.18. The molecule has 0 aliphatic heterocycles. The van der Waals surface area contributed by atoms with E-state index >= 15 is 0 Å². The first-order valence-corrected chi connectivity index (χ1v) is 6.13. The van der Waals surface area contributed by atoms with E-state index in [0.29, 0.717) is 17.1 Å². The Balaban J connectivity index is 2.31. The number of amides is 1. The van der Waals surface area contributed by atoms with Crippen LogP contribution in [0.2, 0.25) is 0 Å². The van der Waals surface area contributed by atoms with Gasteiger partial charge in [-0.15, -0.1) is 0 Å². The molecule has 0 radical (unpaired) electrons. The average molecular weight is 309 g/mol. The number of anilines is 2. The summed E-state index contributed by atoms with van der Waals surface area (Å²) in [6.07, 6.45) is 1.57. The smallest absolute Gasteiger partial charge is 0.274 e. The molecule has 0 atom stereocenters. The van der Waals surface area contributed by atoms with Gasteiger partial charge < -0.3 is 11.1 Å². The van der Waals surface area contributed by atoms with Crippen molar-refractivity contribution in [2.24, 2.45) is 7.05 Å². The lowest BCUT2D eigenvalue weighted by Gasteiger charge is -2.11. The Hall–Kier alpha value is -1.82. The van der Waals surface area contributed by atoms with Crippen molar-refractivity contribution >= 4 is 33.2 Å². The summed E-state index contributed by atoms with van der Waals surface area (Å²) >= 11 is 3.39. The van der Waals surface area contributed by atoms with Crippen LogP contribution >= 0.6 is 15.9 Å². The van der Waals surface area contributed by atoms with Crippen molar-refractivity contribution < 1.29 is 4.79 Å². The van der Waals surface area contributed by atoms with Gasteiger partial charge in [0.25, 0.3) is 5.91 Å². The fraction of sp³-hybridized carbons (Fsp3) is 0.167. The Morgan fingerprint density at radius 3 is 2.78 bits per heavy atom. The highest BCUT2D eigenvalue weighted by atomic mass is 79.9. The number of nitrogens with one attached hydrogen (secondary N) is 1. The fourth-order valence-corrected chi connectivity index (χ4v) is 2.36. The lowest BCUT2D eigenvalue weighted by Crippen LogP contribution is -2.17. The molecule has 18 heavy (non-hydrogen) atoms. The van der Waals surface area contributed by atoms with Gasteiger partial charge in [-0.2, -0.15) is 5.10 Å². The first kappa shape index (κ1) is 12.6. The number of rotatable bonds is 2. The van der Waals surface area contributed by atoms with Crippen LogP contribution in [-0.2, 0) is 7.05 Å². The number of nitrogens with zero attached hydrogens (tertiary/aromatic N) is 2. The van der Waals surface area contributed by atoms with Crippen molar-refractivity contribution in [1.82, 2.24) is 9.78 Å². The van der Waals surface area contributed by atoms with Crippen LogP contribution in [0.25, 0.3) is 0 Å². The quantitative estimate of drug-likeness (QED) is 0.836. The molecule has 0 bridgehead atoms. The van der Waals surface area contributed by atoms with Crippen molar-refractivity contribution in [2.75, 3.05) is 11.1 Å². The zero-order valence-electron chi connectivity index (χ0n) is 10.1. The maximum Gasteiger partial charge on any atom is 0.274 e. The van der Waals surface area contributed by atoms with Crippen molar-refractivity contribution in [3.63, 3.8) is 0 Å². The number of nitrogens with two attached hydrogens (primary N) is 1. The van der Waals surface area contributed by atoms with E-state index in [4.69, 9.17) is 5.73 Å². The summed E-state index contributed by atoms with van der Waals surface area (Å²) in [6, 6.07) is 5.35. The Bertz CT molecular complexity index is 583. The molecule has 0 saturated heterocycles. The highest BCUT2D eigenvalue weighted by molar-refractivity contribution is 9.10. The van der Waals surface area contributed by atoms with E-state index in [1.807, 2.05) is 19.1 Å². The molecule has 1 aromatic heterocycles. The van der Waals surface area contributed by atoms with Gasteiger partial charge in [-0.3, -0.25) is 9.48 Å². The monoisotopic (exact) mass is 308 g/mol. The van der Waals surface area contributed by atoms with Gasteiger partial charge in [0.2, 0.25) is 0 Å². The second-order valence-corrected chi connectivity index (χ2v) is 4.86. The van der Waals surface area contributed by atoms with Crippen LogP contribution in [0.5, 0.6) is 0 Å². The van der Waals surface area contributed by atoms with Gasteiger partial charge in [0, 0.05) is 17.7 Å². The van der Waals surface area contributed by atoms with Crippen LogP contribution < -0.4 is 11.1 Å². The van der Waals surface area contributed by atoms with Crippen LogP contribution in [0, 0.1) is 6.92 Å². The van der Waals surface area contributed by atoms with E-state index in [1.54, 1.807) is 19.3 Å². The summed E-state index contributed by atoms with van der Waals surface area (Å²) in [5.74, 6) is -0.244. The number of halogens is 1. The van der Waals surface area contributed by atoms with Crippen molar-refractivity contribution in [3.8, 4) is 0 Å². The normalized spacial score (nSPS) is 10.4. The third-order valence-electron chi connectivity index (χ3n) is 2.56. The van der Waals surface area contributed by atoms with E-state index in [0.717, 1.165) is 10.0 Å². The molecule has 0 aliphatic rings. The Morgan fingerprint density at radius 1 is 1.50 bits per heavy atom. The van der Waals surface area contributed by atoms with Crippen LogP contribution in [0.4, 0.5) is 11.4 Å². The van der Waals surface area contributed by atoms with Crippen LogP contribution in [-0.4, -0.2) is 15.7 Å². The molecule has 0 aliphatic carbocycles. The van der Waals surface area contributed by atoms with E-state index in [1.165, 1.54) is 4.68 Å². The topological polar surface area (TPSA) is 72.9 Å². The number of aromatic nitrogens is 2. The molecular formula is C12H13BrN4O. The molecule has 2 rings (SSSR count). The third kappa shape index (κ3) is 2.38. The number of hydrogen-bond acceptors (Lipinski definition) is 3. The van der Waals surface area contributed by atoms with Gasteiger partial charge in [0.1, 0.15) is 5.69 Å². The molecule has 0 saturated carbocycles. The minimum atomic E-state index is -0.244. The fourth-order valence-electron chi connectivity index (χ4n) is 1.68. The summed E-state index contributed by atoms with van der Waals surface area (Å²) in [5, 5.41) is 6.73. The van der Waals surface area contributed by atoms with Crippen molar-refractivity contribution in [1.29, 1.82) is 0 Å². The van der Waals surface area contributed by atoms with E-state index in [2.05, 4.69) is 26.3 Å². The number of hydrogen-bond donors (Lipinski definition) is 2. The predicted octanol–water partition coefficient (Wildman–Crippen LogP) is 2.33. The van der Waals surface area contributed by atoms with Gasteiger partial charge in [-0.05, 0) is 46.6 Å².